The average Bonchev–Trinajstić information content (AvgIpc) is 3.27. The predicted molar refractivity (Wildman–Crippen MR) is 130 cm³/mol. The average molecular weight is 445 g/mol. The zero-order valence-corrected chi connectivity index (χ0v) is 19.3. The van der Waals surface area contributed by atoms with E-state index in [2.05, 4.69) is 6.92 Å². The lowest BCUT2D eigenvalue weighted by molar-refractivity contribution is -0.148. The molecule has 1 aliphatic rings. The Morgan fingerprint density at radius 2 is 1.66 bits per heavy atom. The molecule has 0 spiro atoms. The normalized spacial score (nSPS) is 18.2. The second-order valence-electron chi connectivity index (χ2n) is 7.92. The van der Waals surface area contributed by atoms with Crippen LogP contribution in [0.2, 0.25) is 0 Å². The first-order chi connectivity index (χ1) is 15.5. The van der Waals surface area contributed by atoms with Crippen molar-refractivity contribution in [2.45, 2.75) is 89.4 Å². The number of hydrogen-bond acceptors (Lipinski definition) is 5. The molecule has 0 amide bonds. The van der Waals surface area contributed by atoms with Crippen LogP contribution in [-0.4, -0.2) is 39.6 Å². The van der Waals surface area contributed by atoms with Crippen molar-refractivity contribution in [2.75, 3.05) is 0 Å². The SMILES string of the molecule is CC/C=C\C[C@H](O)/C=C/C=C\C=C\C=C\CC[C@@H](O)/C(O)=C\CCC(=O)OC1CCCC1. The Hall–Kier alpha value is -2.37. The largest absolute Gasteiger partial charge is 0.510 e. The molecule has 1 saturated carbocycles. The van der Waals surface area contributed by atoms with Crippen LogP contribution in [-0.2, 0) is 9.53 Å². The van der Waals surface area contributed by atoms with Gasteiger partial charge in [-0.25, -0.2) is 0 Å². The molecule has 0 aromatic heterocycles. The fourth-order valence-corrected chi connectivity index (χ4v) is 3.23. The van der Waals surface area contributed by atoms with Crippen molar-refractivity contribution in [1.29, 1.82) is 0 Å². The van der Waals surface area contributed by atoms with E-state index in [1.165, 1.54) is 6.08 Å². The van der Waals surface area contributed by atoms with Crippen molar-refractivity contribution in [3.05, 3.63) is 72.6 Å². The predicted octanol–water partition coefficient (Wildman–Crippen LogP) is 5.78. The lowest BCUT2D eigenvalue weighted by Gasteiger charge is -2.11. The molecule has 1 aliphatic carbocycles. The molecule has 0 aromatic rings. The van der Waals surface area contributed by atoms with Gasteiger partial charge in [-0.3, -0.25) is 4.79 Å². The number of carbonyl (C=O) groups is 1. The Labute approximate surface area is 193 Å². The van der Waals surface area contributed by atoms with Crippen LogP contribution in [0.25, 0.3) is 0 Å². The summed E-state index contributed by atoms with van der Waals surface area (Å²) in [6.07, 6.45) is 26.4. The van der Waals surface area contributed by atoms with Gasteiger partial charge in [0.05, 0.1) is 6.10 Å². The van der Waals surface area contributed by atoms with Gasteiger partial charge in [-0.05, 0) is 63.9 Å². The maximum atomic E-state index is 11.8. The molecule has 1 fully saturated rings. The molecule has 0 aromatic carbocycles. The molecule has 0 saturated heterocycles. The van der Waals surface area contributed by atoms with Crippen LogP contribution in [0.1, 0.15) is 71.1 Å². The molecule has 5 nitrogen and oxygen atoms in total. The van der Waals surface area contributed by atoms with Crippen molar-refractivity contribution in [2.24, 2.45) is 0 Å². The first-order valence-electron chi connectivity index (χ1n) is 11.8. The monoisotopic (exact) mass is 444 g/mol. The molecule has 0 aliphatic heterocycles. The van der Waals surface area contributed by atoms with Crippen molar-refractivity contribution in [1.82, 2.24) is 0 Å². The van der Waals surface area contributed by atoms with Crippen LogP contribution in [0.5, 0.6) is 0 Å². The van der Waals surface area contributed by atoms with Gasteiger partial charge in [0.15, 0.2) is 0 Å². The lowest BCUT2D eigenvalue weighted by Crippen LogP contribution is -2.14. The molecule has 178 valence electrons. The molecule has 0 unspecified atom stereocenters. The van der Waals surface area contributed by atoms with Gasteiger partial charge < -0.3 is 20.1 Å². The van der Waals surface area contributed by atoms with Crippen molar-refractivity contribution in [3.8, 4) is 0 Å². The molecule has 32 heavy (non-hydrogen) atoms. The summed E-state index contributed by atoms with van der Waals surface area (Å²) in [6.45, 7) is 2.06. The summed E-state index contributed by atoms with van der Waals surface area (Å²) in [5, 5.41) is 29.6. The van der Waals surface area contributed by atoms with Crippen LogP contribution in [0.3, 0.4) is 0 Å². The molecule has 0 heterocycles. The van der Waals surface area contributed by atoms with E-state index < -0.39 is 12.2 Å². The van der Waals surface area contributed by atoms with Gasteiger partial charge in [0, 0.05) is 6.42 Å². The second kappa shape index (κ2) is 18.2. The number of aliphatic hydroxyl groups excluding tert-OH is 3. The van der Waals surface area contributed by atoms with Gasteiger partial charge in [-0.1, -0.05) is 67.7 Å². The number of aliphatic hydroxyl groups is 3. The number of rotatable bonds is 15. The highest BCUT2D eigenvalue weighted by atomic mass is 16.5. The van der Waals surface area contributed by atoms with Crippen LogP contribution in [0.4, 0.5) is 0 Å². The summed E-state index contributed by atoms with van der Waals surface area (Å²) >= 11 is 0. The Balaban J connectivity index is 2.15. The number of allylic oxidation sites excluding steroid dienone is 9. The van der Waals surface area contributed by atoms with E-state index in [9.17, 15) is 20.1 Å². The number of esters is 1. The second-order valence-corrected chi connectivity index (χ2v) is 7.92. The molecular formula is C27H40O5. The first-order valence-corrected chi connectivity index (χ1v) is 11.8. The van der Waals surface area contributed by atoms with Gasteiger partial charge >= 0.3 is 5.97 Å². The van der Waals surface area contributed by atoms with Crippen LogP contribution < -0.4 is 0 Å². The van der Waals surface area contributed by atoms with Crippen molar-refractivity contribution < 1.29 is 24.9 Å². The summed E-state index contributed by atoms with van der Waals surface area (Å²) in [4.78, 5) is 11.8. The molecule has 1 rings (SSSR count). The zero-order chi connectivity index (χ0) is 23.4. The fourth-order valence-electron chi connectivity index (χ4n) is 3.23. The third kappa shape index (κ3) is 14.6. The number of ether oxygens (including phenoxy) is 1. The third-order valence-corrected chi connectivity index (χ3v) is 5.06. The topological polar surface area (TPSA) is 87.0 Å². The number of carbonyl (C=O) groups excluding carboxylic acids is 1. The van der Waals surface area contributed by atoms with E-state index in [-0.39, 0.29) is 24.3 Å². The maximum absolute atomic E-state index is 11.8. The van der Waals surface area contributed by atoms with Crippen LogP contribution in [0.15, 0.2) is 72.6 Å². The molecule has 0 bridgehead atoms. The quantitative estimate of drug-likeness (QED) is 0.129. The minimum atomic E-state index is -0.932. The van der Waals surface area contributed by atoms with Crippen molar-refractivity contribution in [3.63, 3.8) is 0 Å². The smallest absolute Gasteiger partial charge is 0.306 e. The number of hydrogen-bond donors (Lipinski definition) is 3. The summed E-state index contributed by atoms with van der Waals surface area (Å²) in [6, 6.07) is 0. The fraction of sp³-hybridized carbons (Fsp3) is 0.519. The van der Waals surface area contributed by atoms with E-state index in [0.717, 1.165) is 32.1 Å². The maximum Gasteiger partial charge on any atom is 0.306 e. The highest BCUT2D eigenvalue weighted by molar-refractivity contribution is 5.69. The third-order valence-electron chi connectivity index (χ3n) is 5.06. The lowest BCUT2D eigenvalue weighted by atomic mass is 10.1. The van der Waals surface area contributed by atoms with E-state index in [1.807, 2.05) is 54.7 Å². The van der Waals surface area contributed by atoms with Crippen LogP contribution in [0, 0.1) is 0 Å². The Morgan fingerprint density at radius 3 is 2.38 bits per heavy atom. The molecule has 0 radical (unpaired) electrons. The highest BCUT2D eigenvalue weighted by Gasteiger charge is 2.18. The molecule has 2 atom stereocenters. The Morgan fingerprint density at radius 1 is 0.969 bits per heavy atom. The zero-order valence-electron chi connectivity index (χ0n) is 19.3. The summed E-state index contributed by atoms with van der Waals surface area (Å²) in [5.41, 5.74) is 0. The standard InChI is InChI=1S/C27H40O5/c1-2-3-10-16-23(28)17-11-8-6-4-5-7-9-12-20-25(29)26(30)21-15-22-27(31)32-24-18-13-14-19-24/h3-11,17,21,23-25,28-30H,2,12-16,18-20,22H2,1H3/b5-4+,8-6-,9-7+,10-3-,17-11+,26-21+/t23-,25+/m0/s1. The van der Waals surface area contributed by atoms with E-state index in [4.69, 9.17) is 4.74 Å². The van der Waals surface area contributed by atoms with Gasteiger partial charge in [-0.2, -0.15) is 0 Å². The molecule has 3 N–H and O–H groups in total. The summed E-state index contributed by atoms with van der Waals surface area (Å²) in [7, 11) is 0. The molecular weight excluding hydrogens is 404 g/mol. The molecule has 5 heteroatoms. The van der Waals surface area contributed by atoms with Gasteiger partial charge in [-0.15, -0.1) is 0 Å². The van der Waals surface area contributed by atoms with E-state index in [0.29, 0.717) is 25.7 Å². The summed E-state index contributed by atoms with van der Waals surface area (Å²) in [5.74, 6) is -0.334. The van der Waals surface area contributed by atoms with Gasteiger partial charge in [0.25, 0.3) is 0 Å². The van der Waals surface area contributed by atoms with Crippen molar-refractivity contribution >= 4 is 5.97 Å². The van der Waals surface area contributed by atoms with E-state index in [1.54, 1.807) is 6.08 Å². The minimum Gasteiger partial charge on any atom is -0.510 e. The summed E-state index contributed by atoms with van der Waals surface area (Å²) < 4.78 is 5.37. The van der Waals surface area contributed by atoms with E-state index >= 15 is 0 Å². The Kier molecular flexibility index (Phi) is 15.8. The minimum absolute atomic E-state index is 0.0596. The van der Waals surface area contributed by atoms with Gasteiger partial charge in [0.1, 0.15) is 18.0 Å². The van der Waals surface area contributed by atoms with Gasteiger partial charge in [0.2, 0.25) is 0 Å². The Bertz CT molecular complexity index is 678. The highest BCUT2D eigenvalue weighted by Crippen LogP contribution is 2.21. The first kappa shape index (κ1) is 27.7. The van der Waals surface area contributed by atoms with Crippen LogP contribution >= 0.6 is 0 Å².